The molecular formula is C21H34O2. The van der Waals surface area contributed by atoms with Crippen LogP contribution in [0, 0.1) is 0 Å². The number of rotatable bonds is 14. The first-order valence-electron chi connectivity index (χ1n) is 10.2. The van der Waals surface area contributed by atoms with Crippen LogP contribution in [0.2, 0.25) is 0 Å². The molecule has 0 fully saturated rings. The maximum Gasteiger partial charge on any atom is 0.305 e. The van der Waals surface area contributed by atoms with Gasteiger partial charge in [-0.05, 0) is 44.9 Å². The van der Waals surface area contributed by atoms with Crippen molar-refractivity contribution in [1.82, 2.24) is 0 Å². The summed E-state index contributed by atoms with van der Waals surface area (Å²) in [6, 6.07) is 1.62. The van der Waals surface area contributed by atoms with Gasteiger partial charge in [0.05, 0.1) is 11.2 Å². The van der Waals surface area contributed by atoms with Gasteiger partial charge in [-0.1, -0.05) is 68.3 Å². The minimum Gasteiger partial charge on any atom is -0.469 e. The SMILES string of the molecule is [2H]/C(=C/C/C=C(/[2H])CCCCC)C/C=C(/[3H])C/C=C\CCCC(=O)OC. The number of hydrogen-bond donors (Lipinski definition) is 0. The molecule has 0 saturated carbocycles. The summed E-state index contributed by atoms with van der Waals surface area (Å²) in [4.78, 5) is 11.0. The second kappa shape index (κ2) is 18.5. The Morgan fingerprint density at radius 2 is 1.83 bits per heavy atom. The van der Waals surface area contributed by atoms with E-state index in [1.54, 1.807) is 12.2 Å². The van der Waals surface area contributed by atoms with Crippen molar-refractivity contribution in [2.24, 2.45) is 0 Å². The molecule has 0 aromatic rings. The van der Waals surface area contributed by atoms with E-state index in [9.17, 15) is 4.79 Å². The molecule has 0 bridgehead atoms. The van der Waals surface area contributed by atoms with Crippen LogP contribution in [0.1, 0.15) is 75.2 Å². The van der Waals surface area contributed by atoms with E-state index < -0.39 is 0 Å². The lowest BCUT2D eigenvalue weighted by Gasteiger charge is -1.95. The fourth-order valence-corrected chi connectivity index (χ4v) is 1.84. The van der Waals surface area contributed by atoms with Crippen LogP contribution >= 0.6 is 0 Å². The van der Waals surface area contributed by atoms with Gasteiger partial charge in [0.1, 0.15) is 0 Å². The van der Waals surface area contributed by atoms with Crippen LogP contribution < -0.4 is 0 Å². The molecule has 0 amide bonds. The first-order valence-corrected chi connectivity index (χ1v) is 8.68. The van der Waals surface area contributed by atoms with E-state index in [0.717, 1.165) is 38.5 Å². The van der Waals surface area contributed by atoms with E-state index in [-0.39, 0.29) is 5.97 Å². The Morgan fingerprint density at radius 1 is 1.00 bits per heavy atom. The average Bonchev–Trinajstić information content (AvgIpc) is 2.62. The molecule has 23 heavy (non-hydrogen) atoms. The standard InChI is InChI=1S/C21H34O2/c1-3-4-5-6-7-8-9-10-11-12-13-14-15-16-17-18-19-20-21(22)23-2/h7-8,10-11,13-14,16-17H,3-6,9,12,15,18-20H2,1-2H3/b8-7-,11-10-,14-13-,17-16-/i7D,11D,14T. The van der Waals surface area contributed by atoms with Crippen molar-refractivity contribution in [1.29, 1.82) is 0 Å². The van der Waals surface area contributed by atoms with Crippen molar-refractivity contribution in [2.75, 3.05) is 7.11 Å². The van der Waals surface area contributed by atoms with Crippen molar-refractivity contribution in [3.05, 3.63) is 48.5 Å². The van der Waals surface area contributed by atoms with Gasteiger partial charge in [0.15, 0.2) is 0 Å². The van der Waals surface area contributed by atoms with Gasteiger partial charge in [-0.15, -0.1) is 0 Å². The quantitative estimate of drug-likeness (QED) is 0.213. The van der Waals surface area contributed by atoms with Crippen LogP contribution in [0.3, 0.4) is 0 Å². The Bertz CT molecular complexity index is 505. The molecular weight excluding hydrogens is 284 g/mol. The Hall–Kier alpha value is -1.57. The van der Waals surface area contributed by atoms with Crippen LogP contribution in [-0.2, 0) is 9.53 Å². The number of carbonyl (C=O) groups is 1. The van der Waals surface area contributed by atoms with E-state index in [4.69, 9.17) is 4.11 Å². The zero-order valence-corrected chi connectivity index (χ0v) is 14.8. The minimum atomic E-state index is -0.192. The largest absolute Gasteiger partial charge is 0.469 e. The molecule has 0 N–H and O–H groups in total. The van der Waals surface area contributed by atoms with E-state index in [1.165, 1.54) is 7.11 Å². The number of carbonyl (C=O) groups excluding carboxylic acids is 1. The topological polar surface area (TPSA) is 26.3 Å². The van der Waals surface area contributed by atoms with E-state index >= 15 is 0 Å². The minimum absolute atomic E-state index is 0.192. The summed E-state index contributed by atoms with van der Waals surface area (Å²) in [5.74, 6) is -0.192. The zero-order chi connectivity index (χ0) is 19.6. The average molecular weight is 323 g/mol. The molecule has 0 unspecified atom stereocenters. The highest BCUT2D eigenvalue weighted by atomic mass is 16.5. The zero-order valence-electron chi connectivity index (χ0n) is 17.8. The van der Waals surface area contributed by atoms with Gasteiger partial charge in [-0.3, -0.25) is 4.79 Å². The molecule has 0 spiro atoms. The molecule has 0 saturated heterocycles. The Kier molecular flexibility index (Phi) is 13.1. The van der Waals surface area contributed by atoms with Crippen LogP contribution in [0.4, 0.5) is 0 Å². The van der Waals surface area contributed by atoms with Gasteiger partial charge in [0.25, 0.3) is 0 Å². The third-order valence-corrected chi connectivity index (χ3v) is 3.20. The van der Waals surface area contributed by atoms with Crippen LogP contribution in [0.15, 0.2) is 48.5 Å². The van der Waals surface area contributed by atoms with E-state index in [0.29, 0.717) is 43.8 Å². The first-order chi connectivity index (χ1) is 12.5. The van der Waals surface area contributed by atoms with Crippen molar-refractivity contribution in [3.8, 4) is 0 Å². The van der Waals surface area contributed by atoms with Crippen molar-refractivity contribution in [3.63, 3.8) is 0 Å². The molecule has 130 valence electrons. The first kappa shape index (κ1) is 16.3. The van der Waals surface area contributed by atoms with E-state index in [2.05, 4.69) is 11.7 Å². The number of hydrogen-bond acceptors (Lipinski definition) is 2. The maximum absolute atomic E-state index is 11.0. The molecule has 0 aromatic heterocycles. The van der Waals surface area contributed by atoms with Crippen molar-refractivity contribution in [2.45, 2.75) is 71.1 Å². The van der Waals surface area contributed by atoms with Crippen LogP contribution in [0.25, 0.3) is 0 Å². The molecule has 0 aliphatic heterocycles. The Labute approximate surface area is 147 Å². The van der Waals surface area contributed by atoms with E-state index in [1.807, 2.05) is 18.2 Å². The van der Waals surface area contributed by atoms with Gasteiger partial charge in [-0.25, -0.2) is 0 Å². The molecule has 0 aromatic carbocycles. The summed E-state index contributed by atoms with van der Waals surface area (Å²) in [6.07, 6.45) is 17.1. The fourth-order valence-electron chi connectivity index (χ4n) is 1.84. The maximum atomic E-state index is 11.0. The summed E-state index contributed by atoms with van der Waals surface area (Å²) in [5, 5.41) is 0. The summed E-state index contributed by atoms with van der Waals surface area (Å²) in [7, 11) is 1.39. The Balaban J connectivity index is 4.00. The van der Waals surface area contributed by atoms with Crippen LogP contribution in [-0.4, -0.2) is 13.1 Å². The molecule has 0 aliphatic carbocycles. The number of esters is 1. The highest BCUT2D eigenvalue weighted by Gasteiger charge is 1.96. The predicted molar refractivity (Wildman–Crippen MR) is 100 cm³/mol. The lowest BCUT2D eigenvalue weighted by Crippen LogP contribution is -1.98. The fraction of sp³-hybridized carbons (Fsp3) is 0.571. The number of methoxy groups -OCH3 is 1. The van der Waals surface area contributed by atoms with Gasteiger partial charge in [0.2, 0.25) is 0 Å². The smallest absolute Gasteiger partial charge is 0.305 e. The van der Waals surface area contributed by atoms with Crippen molar-refractivity contribution < 1.29 is 13.6 Å². The highest BCUT2D eigenvalue weighted by molar-refractivity contribution is 5.69. The summed E-state index contributed by atoms with van der Waals surface area (Å²) >= 11 is 0. The highest BCUT2D eigenvalue weighted by Crippen LogP contribution is 2.01. The summed E-state index contributed by atoms with van der Waals surface area (Å²) < 4.78 is 28.1. The summed E-state index contributed by atoms with van der Waals surface area (Å²) in [5.41, 5.74) is 0. The molecule has 0 heterocycles. The lowest BCUT2D eigenvalue weighted by molar-refractivity contribution is -0.140. The molecule has 0 aliphatic rings. The van der Waals surface area contributed by atoms with Crippen LogP contribution in [0.5, 0.6) is 0 Å². The predicted octanol–water partition coefficient (Wildman–Crippen LogP) is 6.31. The summed E-state index contributed by atoms with van der Waals surface area (Å²) in [6.45, 7) is 2.15. The number of ether oxygens (including phenoxy) is 1. The molecule has 0 rings (SSSR count). The van der Waals surface area contributed by atoms with Gasteiger partial charge >= 0.3 is 5.97 Å². The Morgan fingerprint density at radius 3 is 2.61 bits per heavy atom. The molecule has 0 radical (unpaired) electrons. The molecule has 2 heteroatoms. The third-order valence-electron chi connectivity index (χ3n) is 3.20. The normalized spacial score (nSPS) is 15.4. The van der Waals surface area contributed by atoms with Gasteiger partial charge in [-0.2, -0.15) is 0 Å². The second-order valence-electron chi connectivity index (χ2n) is 5.27. The lowest BCUT2D eigenvalue weighted by atomic mass is 10.2. The number of unbranched alkanes of at least 4 members (excludes halogenated alkanes) is 3. The monoisotopic (exact) mass is 322 g/mol. The third kappa shape index (κ3) is 18.4. The van der Waals surface area contributed by atoms with Gasteiger partial charge < -0.3 is 4.74 Å². The molecule has 2 nitrogen and oxygen atoms in total. The second-order valence-corrected chi connectivity index (χ2v) is 5.27. The molecule has 0 atom stereocenters. The number of allylic oxidation sites excluding steroid dienone is 8. The van der Waals surface area contributed by atoms with Gasteiger partial charge in [0, 0.05) is 6.42 Å². The van der Waals surface area contributed by atoms with Crippen molar-refractivity contribution >= 4 is 5.97 Å².